The Morgan fingerprint density at radius 1 is 1.33 bits per heavy atom. The molecule has 1 aliphatic carbocycles. The zero-order chi connectivity index (χ0) is 14.7. The number of nitrogens with zero attached hydrogens (tertiary/aromatic N) is 3. The quantitative estimate of drug-likeness (QED) is 0.873. The van der Waals surface area contributed by atoms with Crippen molar-refractivity contribution in [2.45, 2.75) is 71.0 Å². The van der Waals surface area contributed by atoms with Crippen LogP contribution < -0.4 is 5.32 Å². The van der Waals surface area contributed by atoms with Crippen LogP contribution in [0.4, 0.5) is 0 Å². The van der Waals surface area contributed by atoms with E-state index in [1.807, 2.05) is 0 Å². The number of hydrogen-bond donors (Lipinski definition) is 1. The molecule has 118 valence electrons. The minimum Gasteiger partial charge on any atom is -0.330 e. The highest BCUT2D eigenvalue weighted by Crippen LogP contribution is 2.23. The molecular formula is C17H30N4. The van der Waals surface area contributed by atoms with Crippen LogP contribution in [-0.2, 0) is 25.9 Å². The number of nitrogens with one attached hydrogen (secondary N) is 1. The summed E-state index contributed by atoms with van der Waals surface area (Å²) in [5, 5.41) is 3.45. The van der Waals surface area contributed by atoms with E-state index in [0.29, 0.717) is 0 Å². The summed E-state index contributed by atoms with van der Waals surface area (Å²) in [7, 11) is 2.31. The molecule has 1 saturated carbocycles. The summed E-state index contributed by atoms with van der Waals surface area (Å²) >= 11 is 0. The highest BCUT2D eigenvalue weighted by molar-refractivity contribution is 5.20. The largest absolute Gasteiger partial charge is 0.330 e. The van der Waals surface area contributed by atoms with Gasteiger partial charge in [-0.05, 0) is 26.3 Å². The van der Waals surface area contributed by atoms with E-state index in [1.54, 1.807) is 0 Å². The molecule has 0 radical (unpaired) electrons. The summed E-state index contributed by atoms with van der Waals surface area (Å²) in [6.07, 6.45) is 9.06. The fraction of sp³-hybridized carbons (Fsp3) is 0.824. The Morgan fingerprint density at radius 2 is 2.14 bits per heavy atom. The Morgan fingerprint density at radius 3 is 2.90 bits per heavy atom. The molecule has 1 aromatic heterocycles. The van der Waals surface area contributed by atoms with Gasteiger partial charge in [0.15, 0.2) is 0 Å². The summed E-state index contributed by atoms with van der Waals surface area (Å²) in [6.45, 7) is 6.59. The summed E-state index contributed by atoms with van der Waals surface area (Å²) in [4.78, 5) is 7.48. The first-order valence-corrected chi connectivity index (χ1v) is 8.77. The Labute approximate surface area is 128 Å². The van der Waals surface area contributed by atoms with Gasteiger partial charge in [-0.3, -0.25) is 0 Å². The zero-order valence-corrected chi connectivity index (χ0v) is 13.7. The van der Waals surface area contributed by atoms with E-state index in [9.17, 15) is 0 Å². The second-order valence-electron chi connectivity index (χ2n) is 6.67. The van der Waals surface area contributed by atoms with E-state index in [1.165, 1.54) is 49.3 Å². The van der Waals surface area contributed by atoms with Crippen LogP contribution in [-0.4, -0.2) is 40.6 Å². The third-order valence-electron chi connectivity index (χ3n) is 5.16. The number of aryl methyl sites for hydroxylation is 1. The minimum absolute atomic E-state index is 0.820. The number of likely N-dealkylation sites (N-methyl/N-ethyl adjacent to an activating group) is 1. The Balaban J connectivity index is 1.69. The molecule has 0 atom stereocenters. The van der Waals surface area contributed by atoms with Crippen LogP contribution in [0.3, 0.4) is 0 Å². The maximum Gasteiger partial charge on any atom is 0.109 e. The molecule has 0 amide bonds. The molecule has 0 unspecified atom stereocenters. The topological polar surface area (TPSA) is 33.1 Å². The lowest BCUT2D eigenvalue weighted by Crippen LogP contribution is -2.33. The van der Waals surface area contributed by atoms with E-state index in [-0.39, 0.29) is 0 Å². The van der Waals surface area contributed by atoms with Crippen molar-refractivity contribution in [2.75, 3.05) is 20.1 Å². The lowest BCUT2D eigenvalue weighted by atomic mass is 10.2. The number of imidazole rings is 1. The van der Waals surface area contributed by atoms with Gasteiger partial charge < -0.3 is 14.8 Å². The highest BCUT2D eigenvalue weighted by atomic mass is 15.2. The van der Waals surface area contributed by atoms with Crippen LogP contribution in [0.5, 0.6) is 0 Å². The number of hydrogen-bond acceptors (Lipinski definition) is 3. The molecule has 0 bridgehead atoms. The van der Waals surface area contributed by atoms with Crippen molar-refractivity contribution in [1.29, 1.82) is 0 Å². The molecular weight excluding hydrogens is 260 g/mol. The van der Waals surface area contributed by atoms with Crippen LogP contribution >= 0.6 is 0 Å². The summed E-state index contributed by atoms with van der Waals surface area (Å²) in [6, 6.07) is 0.820. The van der Waals surface area contributed by atoms with Gasteiger partial charge in [-0.15, -0.1) is 0 Å². The lowest BCUT2D eigenvalue weighted by Gasteiger charge is -2.25. The van der Waals surface area contributed by atoms with Crippen molar-refractivity contribution in [3.63, 3.8) is 0 Å². The van der Waals surface area contributed by atoms with E-state index in [0.717, 1.165) is 45.1 Å². The molecule has 4 heteroatoms. The second-order valence-corrected chi connectivity index (χ2v) is 6.67. The first-order chi connectivity index (χ1) is 10.3. The number of fused-ring (bicyclic) bond motifs is 1. The lowest BCUT2D eigenvalue weighted by molar-refractivity contribution is 0.234. The van der Waals surface area contributed by atoms with Crippen molar-refractivity contribution in [3.05, 3.63) is 17.2 Å². The maximum absolute atomic E-state index is 4.90. The van der Waals surface area contributed by atoms with Crippen molar-refractivity contribution >= 4 is 0 Å². The van der Waals surface area contributed by atoms with Gasteiger partial charge in [0.2, 0.25) is 0 Å². The standard InChI is InChI=1S/C17H30N4/c1-3-6-17-19-15-13-18-10-9-16(15)21(17)12-11-20(2)14-7-4-5-8-14/h14,18H,3-13H2,1-2H3. The molecule has 1 aliphatic heterocycles. The first kappa shape index (κ1) is 15.0. The molecule has 0 spiro atoms. The van der Waals surface area contributed by atoms with Crippen LogP contribution in [0.2, 0.25) is 0 Å². The van der Waals surface area contributed by atoms with Crippen molar-refractivity contribution < 1.29 is 0 Å². The third-order valence-corrected chi connectivity index (χ3v) is 5.16. The molecule has 21 heavy (non-hydrogen) atoms. The SMILES string of the molecule is CCCc1nc2c(n1CCN(C)C1CCCC1)CCNC2. The molecule has 1 aromatic rings. The minimum atomic E-state index is 0.820. The summed E-state index contributed by atoms with van der Waals surface area (Å²) in [5.41, 5.74) is 2.80. The predicted octanol–water partition coefficient (Wildman–Crippen LogP) is 2.36. The van der Waals surface area contributed by atoms with Crippen molar-refractivity contribution in [1.82, 2.24) is 19.8 Å². The number of aromatic nitrogens is 2. The van der Waals surface area contributed by atoms with Crippen LogP contribution in [0.25, 0.3) is 0 Å². The van der Waals surface area contributed by atoms with Crippen LogP contribution in [0.1, 0.15) is 56.2 Å². The molecule has 1 fully saturated rings. The number of rotatable bonds is 6. The smallest absolute Gasteiger partial charge is 0.109 e. The van der Waals surface area contributed by atoms with E-state index < -0.39 is 0 Å². The molecule has 3 rings (SSSR count). The van der Waals surface area contributed by atoms with Gasteiger partial charge in [-0.25, -0.2) is 4.98 Å². The maximum atomic E-state index is 4.90. The van der Waals surface area contributed by atoms with Gasteiger partial charge >= 0.3 is 0 Å². The monoisotopic (exact) mass is 290 g/mol. The average Bonchev–Trinajstić information content (AvgIpc) is 3.13. The average molecular weight is 290 g/mol. The van der Waals surface area contributed by atoms with Gasteiger partial charge in [0.05, 0.1) is 5.69 Å². The van der Waals surface area contributed by atoms with Crippen LogP contribution in [0, 0.1) is 0 Å². The van der Waals surface area contributed by atoms with Gasteiger partial charge in [0.1, 0.15) is 5.82 Å². The van der Waals surface area contributed by atoms with Gasteiger partial charge in [0.25, 0.3) is 0 Å². The fourth-order valence-corrected chi connectivity index (χ4v) is 3.89. The second kappa shape index (κ2) is 6.93. The van der Waals surface area contributed by atoms with Gasteiger partial charge in [-0.2, -0.15) is 0 Å². The molecule has 0 aromatic carbocycles. The van der Waals surface area contributed by atoms with Crippen LogP contribution in [0.15, 0.2) is 0 Å². The summed E-state index contributed by atoms with van der Waals surface area (Å²) < 4.78 is 2.53. The predicted molar refractivity (Wildman–Crippen MR) is 86.5 cm³/mol. The van der Waals surface area contributed by atoms with E-state index >= 15 is 0 Å². The van der Waals surface area contributed by atoms with E-state index in [4.69, 9.17) is 4.98 Å². The Kier molecular flexibility index (Phi) is 4.96. The molecule has 2 heterocycles. The molecule has 0 saturated heterocycles. The molecule has 1 N–H and O–H groups in total. The fourth-order valence-electron chi connectivity index (χ4n) is 3.89. The van der Waals surface area contributed by atoms with Gasteiger partial charge in [0, 0.05) is 50.8 Å². The highest BCUT2D eigenvalue weighted by Gasteiger charge is 2.22. The van der Waals surface area contributed by atoms with Gasteiger partial charge in [-0.1, -0.05) is 19.8 Å². The zero-order valence-electron chi connectivity index (χ0n) is 13.7. The normalized spacial score (nSPS) is 19.4. The molecule has 4 nitrogen and oxygen atoms in total. The van der Waals surface area contributed by atoms with E-state index in [2.05, 4.69) is 28.8 Å². The summed E-state index contributed by atoms with van der Waals surface area (Å²) in [5.74, 6) is 1.31. The third kappa shape index (κ3) is 3.32. The Hall–Kier alpha value is -0.870. The Bertz CT molecular complexity index is 460. The molecule has 2 aliphatic rings. The first-order valence-electron chi connectivity index (χ1n) is 8.77. The van der Waals surface area contributed by atoms with Crippen molar-refractivity contribution in [3.8, 4) is 0 Å². The van der Waals surface area contributed by atoms with Crippen molar-refractivity contribution in [2.24, 2.45) is 0 Å².